The Labute approximate surface area is 237 Å². The Morgan fingerprint density at radius 1 is 0.975 bits per heavy atom. The van der Waals surface area contributed by atoms with Crippen molar-refractivity contribution in [1.29, 1.82) is 0 Å². The molecule has 0 bridgehead atoms. The maximum atomic E-state index is 13.2. The third-order valence-electron chi connectivity index (χ3n) is 7.50. The number of carboxylic acid groups (broad SMARTS) is 1. The summed E-state index contributed by atoms with van der Waals surface area (Å²) in [5.41, 5.74) is -0.0511. The first-order valence-corrected chi connectivity index (χ1v) is 14.4. The summed E-state index contributed by atoms with van der Waals surface area (Å²) in [6, 6.07) is 11.3. The highest BCUT2D eigenvalue weighted by molar-refractivity contribution is 7.89. The van der Waals surface area contributed by atoms with Gasteiger partial charge in [0.1, 0.15) is 6.04 Å². The van der Waals surface area contributed by atoms with E-state index in [1.165, 1.54) is 0 Å². The topological polar surface area (TPSA) is 116 Å². The van der Waals surface area contributed by atoms with Gasteiger partial charge in [-0.25, -0.2) is 13.1 Å². The minimum atomic E-state index is -4.55. The number of halogens is 4. The summed E-state index contributed by atoms with van der Waals surface area (Å²) in [5.74, 6) is -1.38. The van der Waals surface area contributed by atoms with Crippen LogP contribution in [-0.2, 0) is 25.8 Å². The van der Waals surface area contributed by atoms with Crippen LogP contribution in [-0.4, -0.2) is 55.5 Å². The summed E-state index contributed by atoms with van der Waals surface area (Å²) in [6.45, 7) is 1.01. The van der Waals surface area contributed by atoms with Crippen molar-refractivity contribution < 1.29 is 36.3 Å². The van der Waals surface area contributed by atoms with Crippen LogP contribution in [0.1, 0.15) is 55.7 Å². The Hall–Kier alpha value is -2.67. The molecular weight excluding hydrogens is 571 g/mol. The lowest BCUT2D eigenvalue weighted by Gasteiger charge is -2.31. The van der Waals surface area contributed by atoms with Gasteiger partial charge in [-0.15, -0.1) is 12.4 Å². The van der Waals surface area contributed by atoms with Gasteiger partial charge in [0.15, 0.2) is 0 Å². The zero-order chi connectivity index (χ0) is 28.2. The molecule has 13 heteroatoms. The van der Waals surface area contributed by atoms with Crippen molar-refractivity contribution in [2.24, 2.45) is 5.92 Å². The number of rotatable bonds is 9. The fourth-order valence-corrected chi connectivity index (χ4v) is 6.66. The Bertz CT molecular complexity index is 1250. The molecule has 2 aromatic carbocycles. The van der Waals surface area contributed by atoms with Crippen LogP contribution < -0.4 is 10.0 Å². The highest BCUT2D eigenvalue weighted by atomic mass is 35.5. The molecule has 0 unspecified atom stereocenters. The number of hydrogen-bond donors (Lipinski definition) is 3. The van der Waals surface area contributed by atoms with Crippen LogP contribution in [0.5, 0.6) is 0 Å². The number of carboxylic acids is 1. The molecule has 0 aromatic heterocycles. The monoisotopic (exact) mass is 603 g/mol. The second-order valence-electron chi connectivity index (χ2n) is 10.2. The minimum Gasteiger partial charge on any atom is -0.480 e. The zero-order valence-corrected chi connectivity index (χ0v) is 23.3. The quantitative estimate of drug-likeness (QED) is 0.392. The molecule has 1 aliphatic heterocycles. The number of aliphatic carboxylic acids is 1. The van der Waals surface area contributed by atoms with E-state index < -0.39 is 45.9 Å². The molecule has 220 valence electrons. The number of sulfonamides is 1. The Morgan fingerprint density at radius 3 is 2.17 bits per heavy atom. The SMILES string of the molecule is Cl.O=C(O)[C@@H]1CCCN1C[C@@H](NC(=O)[C@H]1CC[C@H](NS(=O)(=O)c2ccc(C(F)(F)F)cc2)CC1)c1ccccc1. The summed E-state index contributed by atoms with van der Waals surface area (Å²) in [4.78, 5) is 26.5. The molecule has 0 radical (unpaired) electrons. The fourth-order valence-electron chi connectivity index (χ4n) is 5.35. The summed E-state index contributed by atoms with van der Waals surface area (Å²) in [5, 5.41) is 12.6. The number of hydrogen-bond acceptors (Lipinski definition) is 5. The van der Waals surface area contributed by atoms with Crippen molar-refractivity contribution in [3.8, 4) is 0 Å². The largest absolute Gasteiger partial charge is 0.480 e. The van der Waals surface area contributed by atoms with Crippen LogP contribution in [0.3, 0.4) is 0 Å². The number of alkyl halides is 3. The van der Waals surface area contributed by atoms with Gasteiger partial charge in [0.25, 0.3) is 0 Å². The van der Waals surface area contributed by atoms with E-state index in [0.717, 1.165) is 36.2 Å². The molecule has 8 nitrogen and oxygen atoms in total. The van der Waals surface area contributed by atoms with Crippen LogP contribution in [0, 0.1) is 5.92 Å². The molecular formula is C27H33ClF3N3O5S. The number of carbonyl (C=O) groups excluding carboxylic acids is 1. The average Bonchev–Trinajstić information content (AvgIpc) is 3.37. The fraction of sp³-hybridized carbons (Fsp3) is 0.481. The van der Waals surface area contributed by atoms with Gasteiger partial charge < -0.3 is 10.4 Å². The first-order chi connectivity index (χ1) is 18.4. The molecule has 3 N–H and O–H groups in total. The van der Waals surface area contributed by atoms with Crippen molar-refractivity contribution in [2.45, 2.75) is 67.7 Å². The molecule has 1 heterocycles. The number of amides is 1. The average molecular weight is 604 g/mol. The number of nitrogens with zero attached hydrogens (tertiary/aromatic N) is 1. The lowest BCUT2D eigenvalue weighted by atomic mass is 9.85. The van der Waals surface area contributed by atoms with Crippen LogP contribution in [0.25, 0.3) is 0 Å². The van der Waals surface area contributed by atoms with Crippen LogP contribution in [0.4, 0.5) is 13.2 Å². The van der Waals surface area contributed by atoms with E-state index >= 15 is 0 Å². The molecule has 0 spiro atoms. The molecule has 1 saturated carbocycles. The van der Waals surface area contributed by atoms with Gasteiger partial charge in [-0.3, -0.25) is 14.5 Å². The normalized spacial score (nSPS) is 22.7. The molecule has 2 atom stereocenters. The molecule has 1 amide bonds. The van der Waals surface area contributed by atoms with Gasteiger partial charge in [-0.2, -0.15) is 13.2 Å². The number of likely N-dealkylation sites (tertiary alicyclic amines) is 1. The van der Waals surface area contributed by atoms with Crippen LogP contribution in [0.15, 0.2) is 59.5 Å². The molecule has 2 fully saturated rings. The minimum absolute atomic E-state index is 0. The first kappa shape index (κ1) is 31.9. The van der Waals surface area contributed by atoms with Crippen LogP contribution in [0.2, 0.25) is 0 Å². The highest BCUT2D eigenvalue weighted by Crippen LogP contribution is 2.31. The standard InChI is InChI=1S/C27H32F3N3O5S.ClH/c28-27(29,30)20-10-14-22(15-11-20)39(37,38)32-21-12-8-19(9-13-21)25(34)31-23(18-5-2-1-3-6-18)17-33-16-4-7-24(33)26(35)36;/h1-3,5-6,10-11,14-15,19,21,23-24,32H,4,7-9,12-13,16-17H2,(H,31,34)(H,35,36);1H/t19-,21-,23-,24+;/m1./s1. The van der Waals surface area contributed by atoms with E-state index in [2.05, 4.69) is 10.0 Å². The molecule has 40 heavy (non-hydrogen) atoms. The van der Waals surface area contributed by atoms with E-state index in [-0.39, 0.29) is 29.1 Å². The predicted octanol–water partition coefficient (Wildman–Crippen LogP) is 4.37. The zero-order valence-electron chi connectivity index (χ0n) is 21.6. The summed E-state index contributed by atoms with van der Waals surface area (Å²) in [7, 11) is -4.01. The first-order valence-electron chi connectivity index (χ1n) is 13.0. The summed E-state index contributed by atoms with van der Waals surface area (Å²) < 4.78 is 66.3. The number of carbonyl (C=O) groups is 2. The smallest absolute Gasteiger partial charge is 0.416 e. The van der Waals surface area contributed by atoms with Gasteiger partial charge in [0.05, 0.1) is 16.5 Å². The third kappa shape index (κ3) is 7.96. The Balaban J connectivity index is 0.00000441. The lowest BCUT2D eigenvalue weighted by molar-refractivity contribution is -0.142. The number of nitrogens with one attached hydrogen (secondary N) is 2. The van der Waals surface area contributed by atoms with Crippen molar-refractivity contribution >= 4 is 34.3 Å². The van der Waals surface area contributed by atoms with Crippen molar-refractivity contribution in [2.75, 3.05) is 13.1 Å². The second-order valence-corrected chi connectivity index (χ2v) is 11.9. The van der Waals surface area contributed by atoms with E-state index in [1.807, 2.05) is 35.2 Å². The van der Waals surface area contributed by atoms with E-state index in [1.54, 1.807) is 0 Å². The summed E-state index contributed by atoms with van der Waals surface area (Å²) >= 11 is 0. The maximum Gasteiger partial charge on any atom is 0.416 e. The maximum absolute atomic E-state index is 13.2. The van der Waals surface area contributed by atoms with Gasteiger partial charge in [-0.05, 0) is 74.9 Å². The summed E-state index contributed by atoms with van der Waals surface area (Å²) in [6.07, 6.45) is -1.52. The lowest BCUT2D eigenvalue weighted by Crippen LogP contribution is -2.45. The molecule has 4 rings (SSSR count). The predicted molar refractivity (Wildman–Crippen MR) is 144 cm³/mol. The molecule has 2 aliphatic rings. The molecule has 2 aromatic rings. The Morgan fingerprint density at radius 2 is 1.60 bits per heavy atom. The van der Waals surface area contributed by atoms with E-state index in [0.29, 0.717) is 45.2 Å². The van der Waals surface area contributed by atoms with Gasteiger partial charge in [0, 0.05) is 18.5 Å². The second kappa shape index (κ2) is 13.3. The van der Waals surface area contributed by atoms with Gasteiger partial charge >= 0.3 is 12.1 Å². The van der Waals surface area contributed by atoms with Crippen molar-refractivity contribution in [3.05, 3.63) is 65.7 Å². The van der Waals surface area contributed by atoms with Gasteiger partial charge in [0.2, 0.25) is 15.9 Å². The number of benzene rings is 2. The van der Waals surface area contributed by atoms with Crippen molar-refractivity contribution in [3.63, 3.8) is 0 Å². The van der Waals surface area contributed by atoms with Gasteiger partial charge in [-0.1, -0.05) is 30.3 Å². The van der Waals surface area contributed by atoms with Crippen LogP contribution >= 0.6 is 12.4 Å². The van der Waals surface area contributed by atoms with Crippen molar-refractivity contribution in [1.82, 2.24) is 14.9 Å². The molecule has 1 aliphatic carbocycles. The molecule has 1 saturated heterocycles. The Kier molecular flexibility index (Phi) is 10.6. The third-order valence-corrected chi connectivity index (χ3v) is 9.03. The highest BCUT2D eigenvalue weighted by Gasteiger charge is 2.35. The van der Waals surface area contributed by atoms with E-state index in [4.69, 9.17) is 0 Å². The van der Waals surface area contributed by atoms with E-state index in [9.17, 15) is 36.3 Å².